The molecule has 1 aromatic carbocycles. The highest BCUT2D eigenvalue weighted by atomic mass is 32.2. The van der Waals surface area contributed by atoms with E-state index in [1.165, 1.54) is 13.2 Å². The van der Waals surface area contributed by atoms with Crippen molar-refractivity contribution in [2.45, 2.75) is 6.92 Å². The largest absolute Gasteiger partial charge is 0.592 e. The molecule has 86 valence electrons. The third-order valence-corrected chi connectivity index (χ3v) is 2.35. The van der Waals surface area contributed by atoms with Crippen LogP contribution in [0.25, 0.3) is 0 Å². The van der Waals surface area contributed by atoms with Gasteiger partial charge in [0, 0.05) is 17.7 Å². The van der Waals surface area contributed by atoms with Gasteiger partial charge in [0.25, 0.3) is 5.69 Å². The number of non-ortho nitro benzene ring substituents is 1. The van der Waals surface area contributed by atoms with E-state index in [1.54, 1.807) is 0 Å². The van der Waals surface area contributed by atoms with Crippen LogP contribution in [-0.2, 0) is 11.4 Å². The lowest BCUT2D eigenvalue weighted by molar-refractivity contribution is -0.384. The van der Waals surface area contributed by atoms with Gasteiger partial charge in [0.1, 0.15) is 12.1 Å². The number of halogens is 1. The lowest BCUT2D eigenvalue weighted by atomic mass is 10.1. The standard InChI is InChI=1S/C9H9FN2O3S/c1-6(11-16(2)15)8-5-7(12(13)14)3-4-9(8)10/h3-5H,1-2H3. The molecule has 0 N–H and O–H groups in total. The van der Waals surface area contributed by atoms with Crippen molar-refractivity contribution in [3.63, 3.8) is 0 Å². The van der Waals surface area contributed by atoms with Gasteiger partial charge in [0.05, 0.1) is 22.0 Å². The number of rotatable bonds is 3. The normalized spacial score (nSPS) is 13.6. The van der Waals surface area contributed by atoms with E-state index in [2.05, 4.69) is 4.40 Å². The summed E-state index contributed by atoms with van der Waals surface area (Å²) in [6, 6.07) is 3.13. The molecule has 5 nitrogen and oxygen atoms in total. The minimum atomic E-state index is -1.47. The van der Waals surface area contributed by atoms with Crippen molar-refractivity contribution < 1.29 is 13.9 Å². The highest BCUT2D eigenvalue weighted by Crippen LogP contribution is 2.17. The van der Waals surface area contributed by atoms with Crippen molar-refractivity contribution >= 4 is 22.8 Å². The van der Waals surface area contributed by atoms with Crippen LogP contribution in [0.5, 0.6) is 0 Å². The van der Waals surface area contributed by atoms with Gasteiger partial charge >= 0.3 is 0 Å². The molecule has 0 aromatic heterocycles. The van der Waals surface area contributed by atoms with Gasteiger partial charge in [-0.1, -0.05) is 4.40 Å². The fourth-order valence-corrected chi connectivity index (χ4v) is 1.63. The summed E-state index contributed by atoms with van der Waals surface area (Å²) in [6.07, 6.45) is 1.33. The van der Waals surface area contributed by atoms with Gasteiger partial charge in [-0.25, -0.2) is 4.39 Å². The maximum absolute atomic E-state index is 13.3. The minimum absolute atomic E-state index is 0.00981. The van der Waals surface area contributed by atoms with Gasteiger partial charge in [-0.3, -0.25) is 10.1 Å². The summed E-state index contributed by atoms with van der Waals surface area (Å²) >= 11 is -1.47. The fraction of sp³-hybridized carbons (Fsp3) is 0.222. The molecule has 7 heteroatoms. The van der Waals surface area contributed by atoms with Crippen LogP contribution in [0.1, 0.15) is 12.5 Å². The van der Waals surface area contributed by atoms with E-state index >= 15 is 0 Å². The number of hydrogen-bond donors (Lipinski definition) is 0. The van der Waals surface area contributed by atoms with Crippen molar-refractivity contribution in [3.05, 3.63) is 39.7 Å². The average molecular weight is 244 g/mol. The van der Waals surface area contributed by atoms with E-state index in [4.69, 9.17) is 0 Å². The fourth-order valence-electron chi connectivity index (χ4n) is 1.15. The summed E-state index contributed by atoms with van der Waals surface area (Å²) in [5, 5.41) is 10.5. The maximum Gasteiger partial charge on any atom is 0.270 e. The van der Waals surface area contributed by atoms with Crippen molar-refractivity contribution in [2.75, 3.05) is 6.26 Å². The van der Waals surface area contributed by atoms with Crippen LogP contribution in [0.4, 0.5) is 10.1 Å². The van der Waals surface area contributed by atoms with Gasteiger partial charge in [-0.05, 0) is 13.0 Å². The van der Waals surface area contributed by atoms with Crippen LogP contribution in [0.15, 0.2) is 22.6 Å². The molecule has 0 amide bonds. The van der Waals surface area contributed by atoms with Gasteiger partial charge in [0.15, 0.2) is 0 Å². The number of nitrogens with zero attached hydrogens (tertiary/aromatic N) is 2. The molecule has 0 aliphatic carbocycles. The first-order valence-electron chi connectivity index (χ1n) is 4.25. The highest BCUT2D eigenvalue weighted by molar-refractivity contribution is 7.89. The molecule has 1 atom stereocenters. The second-order valence-corrected chi connectivity index (χ2v) is 4.05. The molecule has 0 saturated heterocycles. The third-order valence-electron chi connectivity index (χ3n) is 1.82. The molecule has 1 aromatic rings. The lowest BCUT2D eigenvalue weighted by Crippen LogP contribution is -2.04. The van der Waals surface area contributed by atoms with Crippen molar-refractivity contribution in [3.8, 4) is 0 Å². The van der Waals surface area contributed by atoms with Gasteiger partial charge < -0.3 is 4.55 Å². The van der Waals surface area contributed by atoms with E-state index in [0.717, 1.165) is 18.2 Å². The average Bonchev–Trinajstić information content (AvgIpc) is 2.16. The first kappa shape index (κ1) is 12.6. The monoisotopic (exact) mass is 244 g/mol. The van der Waals surface area contributed by atoms with Crippen LogP contribution >= 0.6 is 0 Å². The Kier molecular flexibility index (Phi) is 3.97. The Morgan fingerprint density at radius 3 is 2.69 bits per heavy atom. The summed E-state index contributed by atoms with van der Waals surface area (Å²) in [7, 11) is 0. The van der Waals surface area contributed by atoms with E-state index in [-0.39, 0.29) is 17.0 Å². The Morgan fingerprint density at radius 1 is 1.56 bits per heavy atom. The second kappa shape index (κ2) is 5.04. The molecule has 0 radical (unpaired) electrons. The molecule has 1 rings (SSSR count). The highest BCUT2D eigenvalue weighted by Gasteiger charge is 2.14. The SMILES string of the molecule is CC(=N[S+](C)[O-])c1cc([N+](=O)[O-])ccc1F. The number of nitro groups is 1. The molecule has 0 aliphatic rings. The van der Waals surface area contributed by atoms with E-state index in [0.29, 0.717) is 0 Å². The Morgan fingerprint density at radius 2 is 2.19 bits per heavy atom. The Bertz CT molecular complexity index is 448. The van der Waals surface area contributed by atoms with Crippen LogP contribution in [0.3, 0.4) is 0 Å². The number of benzene rings is 1. The smallest absolute Gasteiger partial charge is 0.270 e. The molecule has 0 bridgehead atoms. The van der Waals surface area contributed by atoms with E-state index < -0.39 is 22.1 Å². The third kappa shape index (κ3) is 3.01. The molecule has 0 fully saturated rings. The van der Waals surface area contributed by atoms with E-state index in [9.17, 15) is 19.1 Å². The molecule has 1 unspecified atom stereocenters. The zero-order valence-electron chi connectivity index (χ0n) is 8.64. The molecule has 0 heterocycles. The van der Waals surface area contributed by atoms with Gasteiger partial charge in [0.2, 0.25) is 0 Å². The minimum Gasteiger partial charge on any atom is -0.592 e. The van der Waals surface area contributed by atoms with Gasteiger partial charge in [-0.15, -0.1) is 0 Å². The molecule has 16 heavy (non-hydrogen) atoms. The molecular formula is C9H9FN2O3S. The summed E-state index contributed by atoms with van der Waals surface area (Å²) in [4.78, 5) is 9.87. The Hall–Kier alpha value is -1.47. The van der Waals surface area contributed by atoms with Crippen LogP contribution in [0, 0.1) is 15.9 Å². The van der Waals surface area contributed by atoms with Gasteiger partial charge in [-0.2, -0.15) is 0 Å². The molecule has 0 saturated carbocycles. The van der Waals surface area contributed by atoms with Crippen molar-refractivity contribution in [1.29, 1.82) is 0 Å². The van der Waals surface area contributed by atoms with Crippen LogP contribution in [0.2, 0.25) is 0 Å². The zero-order valence-corrected chi connectivity index (χ0v) is 9.45. The lowest BCUT2D eigenvalue weighted by Gasteiger charge is -2.02. The summed E-state index contributed by atoms with van der Waals surface area (Å²) in [6.45, 7) is 1.45. The topological polar surface area (TPSA) is 78.6 Å². The maximum atomic E-state index is 13.3. The van der Waals surface area contributed by atoms with E-state index in [1.807, 2.05) is 0 Å². The molecule has 0 spiro atoms. The predicted octanol–water partition coefficient (Wildman–Crippen LogP) is 1.84. The predicted molar refractivity (Wildman–Crippen MR) is 59.3 cm³/mol. The second-order valence-electron chi connectivity index (χ2n) is 3.02. The van der Waals surface area contributed by atoms with Crippen LogP contribution < -0.4 is 0 Å². The Balaban J connectivity index is 3.22. The summed E-state index contributed by atoms with van der Waals surface area (Å²) in [5.41, 5.74) is -0.0701. The van der Waals surface area contributed by atoms with Crippen molar-refractivity contribution in [1.82, 2.24) is 0 Å². The zero-order chi connectivity index (χ0) is 12.3. The number of hydrogen-bond acceptors (Lipinski definition) is 4. The van der Waals surface area contributed by atoms with Crippen molar-refractivity contribution in [2.24, 2.45) is 4.40 Å². The first-order chi connectivity index (χ1) is 7.41. The quantitative estimate of drug-likeness (QED) is 0.352. The summed E-state index contributed by atoms with van der Waals surface area (Å²) < 4.78 is 27.8. The Labute approximate surface area is 94.5 Å². The summed E-state index contributed by atoms with van der Waals surface area (Å²) in [5.74, 6) is -0.627. The first-order valence-corrected chi connectivity index (χ1v) is 5.76. The number of nitro benzene ring substituents is 1. The van der Waals surface area contributed by atoms with Crippen LogP contribution in [-0.4, -0.2) is 21.4 Å². The molecular weight excluding hydrogens is 235 g/mol. The molecule has 0 aliphatic heterocycles.